The Morgan fingerprint density at radius 3 is 2.41 bits per heavy atom. The molecule has 1 fully saturated rings. The molecule has 0 aromatic rings. The fraction of sp³-hybridized carbons (Fsp3) is 0.952. The minimum absolute atomic E-state index is 0.301. The molecule has 0 radical (unpaired) electrons. The number of carbonyl (C=O) groups excluding carboxylic acids is 1. The van der Waals surface area contributed by atoms with Gasteiger partial charge in [0.05, 0.1) is 12.1 Å². The van der Waals surface area contributed by atoms with Crippen LogP contribution in [0.2, 0.25) is 0 Å². The van der Waals surface area contributed by atoms with Crippen molar-refractivity contribution in [2.24, 2.45) is 11.7 Å². The Kier molecular flexibility index (Phi) is 12.1. The van der Waals surface area contributed by atoms with Crippen LogP contribution in [0.1, 0.15) is 72.6 Å². The first-order chi connectivity index (χ1) is 13.7. The van der Waals surface area contributed by atoms with Crippen LogP contribution in [0.4, 0.5) is 4.79 Å². The van der Waals surface area contributed by atoms with Gasteiger partial charge in [-0.05, 0) is 53.0 Å². The second-order valence-electron chi connectivity index (χ2n) is 8.72. The van der Waals surface area contributed by atoms with E-state index in [4.69, 9.17) is 24.7 Å². The van der Waals surface area contributed by atoms with Crippen LogP contribution in [0.15, 0.2) is 0 Å². The van der Waals surface area contributed by atoms with Crippen LogP contribution in [0, 0.1) is 5.92 Å². The number of alkyl carbamates (subject to hydrolysis) is 1. The highest BCUT2D eigenvalue weighted by atomic mass is 16.8. The van der Waals surface area contributed by atoms with Crippen molar-refractivity contribution in [3.8, 4) is 0 Å². The molecule has 0 spiro atoms. The second-order valence-corrected chi connectivity index (χ2v) is 8.72. The summed E-state index contributed by atoms with van der Waals surface area (Å²) >= 11 is 0. The fourth-order valence-corrected chi connectivity index (χ4v) is 3.73. The van der Waals surface area contributed by atoms with Gasteiger partial charge < -0.3 is 35.1 Å². The molecule has 8 nitrogen and oxygen atoms in total. The van der Waals surface area contributed by atoms with Crippen LogP contribution in [0.3, 0.4) is 0 Å². The van der Waals surface area contributed by atoms with Crippen LogP contribution in [-0.4, -0.2) is 61.8 Å². The van der Waals surface area contributed by atoms with Crippen molar-refractivity contribution in [2.75, 3.05) is 20.3 Å². The van der Waals surface area contributed by atoms with Gasteiger partial charge in [0.25, 0.3) is 6.48 Å². The molecule has 0 aromatic heterocycles. The van der Waals surface area contributed by atoms with E-state index in [1.54, 1.807) is 0 Å². The zero-order valence-corrected chi connectivity index (χ0v) is 18.8. The van der Waals surface area contributed by atoms with Gasteiger partial charge in [0.15, 0.2) is 0 Å². The number of aliphatic hydroxyl groups excluding tert-OH is 1. The minimum Gasteiger partial charge on any atom is -0.444 e. The van der Waals surface area contributed by atoms with Gasteiger partial charge in [-0.1, -0.05) is 32.1 Å². The van der Waals surface area contributed by atoms with Crippen molar-refractivity contribution < 1.29 is 28.8 Å². The summed E-state index contributed by atoms with van der Waals surface area (Å²) in [7, 11) is 1.48. The summed E-state index contributed by atoms with van der Waals surface area (Å²) in [5.74, 6) is 0.452. The highest BCUT2D eigenvalue weighted by Crippen LogP contribution is 2.29. The van der Waals surface area contributed by atoms with Crippen molar-refractivity contribution in [2.45, 2.75) is 103 Å². The van der Waals surface area contributed by atoms with Crippen LogP contribution < -0.4 is 11.1 Å². The molecule has 1 aliphatic rings. The molecule has 4 N–H and O–H groups in total. The lowest BCUT2D eigenvalue weighted by atomic mass is 9.83. The van der Waals surface area contributed by atoms with Crippen LogP contribution >= 0.6 is 0 Å². The minimum atomic E-state index is -0.938. The number of nitrogens with two attached hydrogens (primary N) is 1. The first kappa shape index (κ1) is 26.1. The third kappa shape index (κ3) is 10.6. The quantitative estimate of drug-likeness (QED) is 0.418. The third-order valence-electron chi connectivity index (χ3n) is 5.02. The highest BCUT2D eigenvalue weighted by Gasteiger charge is 2.35. The van der Waals surface area contributed by atoms with E-state index in [2.05, 4.69) is 5.32 Å². The zero-order valence-electron chi connectivity index (χ0n) is 18.8. The Bertz CT molecular complexity index is 451. The number of methoxy groups -OCH3 is 1. The number of rotatable bonds is 12. The molecule has 172 valence electrons. The van der Waals surface area contributed by atoms with E-state index in [-0.39, 0.29) is 0 Å². The Hall–Kier alpha value is -0.930. The Morgan fingerprint density at radius 1 is 1.24 bits per heavy atom. The monoisotopic (exact) mass is 418 g/mol. The number of amides is 1. The maximum Gasteiger partial charge on any atom is 0.407 e. The van der Waals surface area contributed by atoms with E-state index < -0.39 is 36.4 Å². The van der Waals surface area contributed by atoms with Crippen molar-refractivity contribution in [1.82, 2.24) is 5.32 Å². The number of nitrogens with one attached hydrogen (secondary N) is 1. The molecule has 1 amide bonds. The molecular weight excluding hydrogens is 376 g/mol. The molecule has 4 atom stereocenters. The van der Waals surface area contributed by atoms with E-state index in [1.807, 2.05) is 27.7 Å². The summed E-state index contributed by atoms with van der Waals surface area (Å²) in [5, 5.41) is 13.7. The van der Waals surface area contributed by atoms with E-state index >= 15 is 0 Å². The maximum atomic E-state index is 12.5. The Morgan fingerprint density at radius 2 is 1.90 bits per heavy atom. The van der Waals surface area contributed by atoms with Crippen molar-refractivity contribution in [1.29, 1.82) is 0 Å². The number of hydrogen-bond donors (Lipinski definition) is 3. The van der Waals surface area contributed by atoms with Crippen LogP contribution in [0.25, 0.3) is 0 Å². The number of ether oxygens (including phenoxy) is 4. The normalized spacial score (nSPS) is 20.0. The standard InChI is InChI=1S/C21H42N2O6/c1-6-27-20(26-5)28-18(17(24)12-13-22)16(14-15-10-8-7-9-11-15)23-19(25)29-21(2,3)4/h15-18,20,24H,6-14,22H2,1-5H3,(H,23,25)/t16-,17-,18+,20?/m0/s1. The summed E-state index contributed by atoms with van der Waals surface area (Å²) < 4.78 is 22.1. The average molecular weight is 419 g/mol. The average Bonchev–Trinajstić information content (AvgIpc) is 2.64. The van der Waals surface area contributed by atoms with Crippen LogP contribution in [-0.2, 0) is 18.9 Å². The van der Waals surface area contributed by atoms with Crippen molar-refractivity contribution in [3.63, 3.8) is 0 Å². The molecule has 0 saturated heterocycles. The summed E-state index contributed by atoms with van der Waals surface area (Å²) in [5.41, 5.74) is 5.05. The summed E-state index contributed by atoms with van der Waals surface area (Å²) in [6.45, 7) is 7.04. The first-order valence-corrected chi connectivity index (χ1v) is 10.9. The fourth-order valence-electron chi connectivity index (χ4n) is 3.73. The molecule has 1 rings (SSSR count). The summed E-state index contributed by atoms with van der Waals surface area (Å²) in [6.07, 6.45) is 4.70. The van der Waals surface area contributed by atoms with E-state index in [0.29, 0.717) is 31.9 Å². The SMILES string of the molecule is CCOC(OC)O[C@H]([C@H](CC1CCCCC1)NC(=O)OC(C)(C)C)[C@@H](O)CCN. The maximum absolute atomic E-state index is 12.5. The molecule has 0 bridgehead atoms. The summed E-state index contributed by atoms with van der Waals surface area (Å²) in [6, 6.07) is -0.451. The predicted molar refractivity (Wildman–Crippen MR) is 111 cm³/mol. The topological polar surface area (TPSA) is 112 Å². The van der Waals surface area contributed by atoms with Crippen LogP contribution in [0.5, 0.6) is 0 Å². The number of hydrogen-bond acceptors (Lipinski definition) is 7. The van der Waals surface area contributed by atoms with Gasteiger partial charge in [-0.3, -0.25) is 0 Å². The number of aliphatic hydroxyl groups is 1. The van der Waals surface area contributed by atoms with E-state index in [1.165, 1.54) is 26.4 Å². The second kappa shape index (κ2) is 13.4. The van der Waals surface area contributed by atoms with Crippen molar-refractivity contribution >= 4 is 6.09 Å². The molecular formula is C21H42N2O6. The molecule has 1 aliphatic carbocycles. The molecule has 1 unspecified atom stereocenters. The molecule has 0 aliphatic heterocycles. The first-order valence-electron chi connectivity index (χ1n) is 10.9. The third-order valence-corrected chi connectivity index (χ3v) is 5.02. The van der Waals surface area contributed by atoms with Gasteiger partial charge in [-0.2, -0.15) is 0 Å². The van der Waals surface area contributed by atoms with Crippen molar-refractivity contribution in [3.05, 3.63) is 0 Å². The smallest absolute Gasteiger partial charge is 0.407 e. The predicted octanol–water partition coefficient (Wildman–Crippen LogP) is 2.91. The lowest BCUT2D eigenvalue weighted by molar-refractivity contribution is -0.306. The Balaban J connectivity index is 3.01. The lowest BCUT2D eigenvalue weighted by Crippen LogP contribution is -2.53. The van der Waals surface area contributed by atoms with E-state index in [0.717, 1.165) is 12.8 Å². The van der Waals surface area contributed by atoms with Gasteiger partial charge in [0.1, 0.15) is 11.7 Å². The van der Waals surface area contributed by atoms with Gasteiger partial charge >= 0.3 is 6.09 Å². The Labute approximate surface area is 175 Å². The molecule has 29 heavy (non-hydrogen) atoms. The largest absolute Gasteiger partial charge is 0.444 e. The van der Waals surface area contributed by atoms with Gasteiger partial charge in [-0.15, -0.1) is 0 Å². The zero-order chi connectivity index (χ0) is 21.9. The molecule has 0 aromatic carbocycles. The van der Waals surface area contributed by atoms with Gasteiger partial charge in [0, 0.05) is 13.7 Å². The van der Waals surface area contributed by atoms with Gasteiger partial charge in [-0.25, -0.2) is 4.79 Å². The molecule has 1 saturated carbocycles. The van der Waals surface area contributed by atoms with E-state index in [9.17, 15) is 9.90 Å². The molecule has 8 heteroatoms. The lowest BCUT2D eigenvalue weighted by Gasteiger charge is -2.36. The van der Waals surface area contributed by atoms with Gasteiger partial charge in [0.2, 0.25) is 0 Å². The highest BCUT2D eigenvalue weighted by molar-refractivity contribution is 5.68. The number of carbonyl (C=O) groups is 1. The summed E-state index contributed by atoms with van der Waals surface area (Å²) in [4.78, 5) is 12.5. The molecule has 0 heterocycles.